The molecule has 0 aliphatic heterocycles. The van der Waals surface area contributed by atoms with Gasteiger partial charge in [-0.05, 0) is 32.4 Å². The number of oxazole rings is 1. The van der Waals surface area contributed by atoms with Crippen LogP contribution in [0, 0.1) is 20.8 Å². The fourth-order valence-electron chi connectivity index (χ4n) is 1.33. The second kappa shape index (κ2) is 4.30. The molecular formula is C11H14N4O. The number of anilines is 1. The Balaban J connectivity index is 2.02. The van der Waals surface area contributed by atoms with Gasteiger partial charge in [0.1, 0.15) is 11.6 Å². The maximum absolute atomic E-state index is 5.44. The largest absolute Gasteiger partial charge is 0.444 e. The van der Waals surface area contributed by atoms with E-state index < -0.39 is 0 Å². The summed E-state index contributed by atoms with van der Waals surface area (Å²) >= 11 is 0. The summed E-state index contributed by atoms with van der Waals surface area (Å²) in [7, 11) is 0. The van der Waals surface area contributed by atoms with Gasteiger partial charge in [-0.25, -0.2) is 4.98 Å². The number of aromatic nitrogens is 3. The van der Waals surface area contributed by atoms with Crippen LogP contribution in [0.25, 0.3) is 0 Å². The van der Waals surface area contributed by atoms with E-state index in [2.05, 4.69) is 20.5 Å². The Hall–Kier alpha value is -1.91. The molecule has 0 amide bonds. The molecule has 0 bridgehead atoms. The Bertz CT molecular complexity index is 473. The SMILES string of the molecule is Cc1cnnc(NCc2nc(C)c(C)o2)c1. The van der Waals surface area contributed by atoms with E-state index in [4.69, 9.17) is 4.42 Å². The lowest BCUT2D eigenvalue weighted by molar-refractivity contribution is 0.478. The van der Waals surface area contributed by atoms with Crippen molar-refractivity contribution in [2.24, 2.45) is 0 Å². The van der Waals surface area contributed by atoms with Crippen molar-refractivity contribution >= 4 is 5.82 Å². The van der Waals surface area contributed by atoms with Gasteiger partial charge in [0.15, 0.2) is 0 Å². The highest BCUT2D eigenvalue weighted by Crippen LogP contribution is 2.10. The summed E-state index contributed by atoms with van der Waals surface area (Å²) in [4.78, 5) is 4.27. The number of nitrogens with zero attached hydrogens (tertiary/aromatic N) is 3. The summed E-state index contributed by atoms with van der Waals surface area (Å²) in [5.41, 5.74) is 1.99. The predicted molar refractivity (Wildman–Crippen MR) is 60.1 cm³/mol. The van der Waals surface area contributed by atoms with Crippen LogP contribution < -0.4 is 5.32 Å². The summed E-state index contributed by atoms with van der Waals surface area (Å²) in [5, 5.41) is 10.9. The minimum atomic E-state index is 0.521. The Morgan fingerprint density at radius 2 is 2.12 bits per heavy atom. The minimum Gasteiger partial charge on any atom is -0.444 e. The first-order valence-corrected chi connectivity index (χ1v) is 5.11. The van der Waals surface area contributed by atoms with Crippen LogP contribution in [-0.4, -0.2) is 15.2 Å². The molecule has 0 fully saturated rings. The molecule has 0 aromatic carbocycles. The number of aryl methyl sites for hydroxylation is 3. The predicted octanol–water partition coefficient (Wildman–Crippen LogP) is 2.00. The zero-order chi connectivity index (χ0) is 11.5. The topological polar surface area (TPSA) is 63.8 Å². The molecule has 0 saturated carbocycles. The standard InChI is InChI=1S/C11H14N4O/c1-7-4-10(15-13-5-7)12-6-11-14-8(2)9(3)16-11/h4-5H,6H2,1-3H3,(H,12,15). The highest BCUT2D eigenvalue weighted by molar-refractivity contribution is 5.35. The fraction of sp³-hybridized carbons (Fsp3) is 0.364. The summed E-state index contributed by atoms with van der Waals surface area (Å²) in [5.74, 6) is 2.25. The Morgan fingerprint density at radius 3 is 2.75 bits per heavy atom. The zero-order valence-electron chi connectivity index (χ0n) is 9.61. The lowest BCUT2D eigenvalue weighted by Gasteiger charge is -2.01. The van der Waals surface area contributed by atoms with E-state index in [-0.39, 0.29) is 0 Å². The summed E-state index contributed by atoms with van der Waals surface area (Å²) in [6.45, 7) is 6.32. The molecule has 2 aromatic heterocycles. The van der Waals surface area contributed by atoms with E-state index in [1.54, 1.807) is 6.20 Å². The molecule has 1 N–H and O–H groups in total. The van der Waals surface area contributed by atoms with E-state index in [0.717, 1.165) is 22.8 Å². The van der Waals surface area contributed by atoms with Gasteiger partial charge >= 0.3 is 0 Å². The highest BCUT2D eigenvalue weighted by Gasteiger charge is 2.05. The maximum Gasteiger partial charge on any atom is 0.213 e. The molecule has 0 radical (unpaired) electrons. The molecule has 0 atom stereocenters. The average molecular weight is 218 g/mol. The van der Waals surface area contributed by atoms with Crippen LogP contribution in [-0.2, 0) is 6.54 Å². The molecule has 5 nitrogen and oxygen atoms in total. The molecule has 2 heterocycles. The number of rotatable bonds is 3. The van der Waals surface area contributed by atoms with Crippen molar-refractivity contribution in [2.75, 3.05) is 5.32 Å². The Kier molecular flexibility index (Phi) is 2.85. The molecular weight excluding hydrogens is 204 g/mol. The molecule has 2 aromatic rings. The third-order valence-electron chi connectivity index (χ3n) is 2.28. The van der Waals surface area contributed by atoms with Crippen LogP contribution in [0.1, 0.15) is 22.9 Å². The second-order valence-corrected chi connectivity index (χ2v) is 3.72. The molecule has 0 saturated heterocycles. The van der Waals surface area contributed by atoms with E-state index in [9.17, 15) is 0 Å². The van der Waals surface area contributed by atoms with Crippen LogP contribution in [0.5, 0.6) is 0 Å². The van der Waals surface area contributed by atoms with Crippen LogP contribution >= 0.6 is 0 Å². The van der Waals surface area contributed by atoms with E-state index in [1.165, 1.54) is 0 Å². The van der Waals surface area contributed by atoms with Crippen LogP contribution in [0.4, 0.5) is 5.82 Å². The number of nitrogens with one attached hydrogen (secondary N) is 1. The van der Waals surface area contributed by atoms with Gasteiger partial charge in [0.2, 0.25) is 5.89 Å². The van der Waals surface area contributed by atoms with Crippen LogP contribution in [0.2, 0.25) is 0 Å². The lowest BCUT2D eigenvalue weighted by atomic mass is 10.3. The van der Waals surface area contributed by atoms with Gasteiger partial charge in [0.05, 0.1) is 18.4 Å². The zero-order valence-corrected chi connectivity index (χ0v) is 9.61. The molecule has 16 heavy (non-hydrogen) atoms. The van der Waals surface area contributed by atoms with Crippen LogP contribution in [0.3, 0.4) is 0 Å². The second-order valence-electron chi connectivity index (χ2n) is 3.72. The molecule has 0 aliphatic carbocycles. The molecule has 84 valence electrons. The molecule has 0 unspecified atom stereocenters. The lowest BCUT2D eigenvalue weighted by Crippen LogP contribution is -2.02. The third-order valence-corrected chi connectivity index (χ3v) is 2.28. The first-order valence-electron chi connectivity index (χ1n) is 5.11. The van der Waals surface area contributed by atoms with Crippen molar-refractivity contribution in [1.29, 1.82) is 0 Å². The van der Waals surface area contributed by atoms with Gasteiger partial charge in [-0.1, -0.05) is 0 Å². The normalized spacial score (nSPS) is 10.4. The van der Waals surface area contributed by atoms with Crippen molar-refractivity contribution in [1.82, 2.24) is 15.2 Å². The first kappa shape index (κ1) is 10.6. The first-order chi connectivity index (χ1) is 7.65. The number of hydrogen-bond donors (Lipinski definition) is 1. The van der Waals surface area contributed by atoms with Crippen molar-refractivity contribution in [2.45, 2.75) is 27.3 Å². The van der Waals surface area contributed by atoms with Crippen molar-refractivity contribution in [3.63, 3.8) is 0 Å². The minimum absolute atomic E-state index is 0.521. The smallest absolute Gasteiger partial charge is 0.213 e. The van der Waals surface area contributed by atoms with Gasteiger partial charge in [-0.2, -0.15) is 5.10 Å². The van der Waals surface area contributed by atoms with Gasteiger partial charge < -0.3 is 9.73 Å². The summed E-state index contributed by atoms with van der Waals surface area (Å²) in [6.07, 6.45) is 1.71. The van der Waals surface area contributed by atoms with Gasteiger partial charge in [0.25, 0.3) is 0 Å². The third kappa shape index (κ3) is 2.36. The number of hydrogen-bond acceptors (Lipinski definition) is 5. The quantitative estimate of drug-likeness (QED) is 0.853. The van der Waals surface area contributed by atoms with Gasteiger partial charge in [-0.15, -0.1) is 5.10 Å². The van der Waals surface area contributed by atoms with Crippen LogP contribution in [0.15, 0.2) is 16.7 Å². The average Bonchev–Trinajstić information content (AvgIpc) is 2.56. The molecule has 2 rings (SSSR count). The molecule has 0 spiro atoms. The molecule has 5 heteroatoms. The van der Waals surface area contributed by atoms with Gasteiger partial charge in [-0.3, -0.25) is 0 Å². The Morgan fingerprint density at radius 1 is 1.31 bits per heavy atom. The maximum atomic E-state index is 5.44. The van der Waals surface area contributed by atoms with Crippen molar-refractivity contribution < 1.29 is 4.42 Å². The van der Waals surface area contributed by atoms with E-state index in [0.29, 0.717) is 12.4 Å². The molecule has 0 aliphatic rings. The summed E-state index contributed by atoms with van der Waals surface area (Å²) < 4.78 is 5.44. The van der Waals surface area contributed by atoms with E-state index >= 15 is 0 Å². The van der Waals surface area contributed by atoms with E-state index in [1.807, 2.05) is 26.8 Å². The summed E-state index contributed by atoms with van der Waals surface area (Å²) in [6, 6.07) is 1.93. The monoisotopic (exact) mass is 218 g/mol. The van der Waals surface area contributed by atoms with Crippen molar-refractivity contribution in [3.8, 4) is 0 Å². The van der Waals surface area contributed by atoms with Gasteiger partial charge in [0, 0.05) is 0 Å². The Labute approximate surface area is 93.9 Å². The fourth-order valence-corrected chi connectivity index (χ4v) is 1.33. The van der Waals surface area contributed by atoms with Crippen molar-refractivity contribution in [3.05, 3.63) is 35.2 Å². The highest BCUT2D eigenvalue weighted by atomic mass is 16.4.